The Hall–Kier alpha value is -3.87. The normalized spacial score (nSPS) is 15.8. The van der Waals surface area contributed by atoms with E-state index in [2.05, 4.69) is 12.2 Å². The molecular formula is C27H28N4O3. The number of carboxylic acid groups (broad SMARTS) is 1. The summed E-state index contributed by atoms with van der Waals surface area (Å²) in [5, 5.41) is 14.6. The summed E-state index contributed by atoms with van der Waals surface area (Å²) in [6.07, 6.45) is 4.43. The number of likely N-dealkylation sites (tertiary alicyclic amines) is 1. The minimum Gasteiger partial charge on any atom is -0.465 e. The smallest absolute Gasteiger partial charge is 0.407 e. The van der Waals surface area contributed by atoms with Crippen molar-refractivity contribution in [1.29, 1.82) is 0 Å². The fourth-order valence-corrected chi connectivity index (χ4v) is 4.74. The molecule has 7 nitrogen and oxygen atoms in total. The van der Waals surface area contributed by atoms with Crippen LogP contribution in [0.15, 0.2) is 65.6 Å². The minimum absolute atomic E-state index is 0.0598. The molecule has 2 N–H and O–H groups in total. The van der Waals surface area contributed by atoms with Gasteiger partial charge in [-0.1, -0.05) is 49.7 Å². The number of aryl methyl sites for hydroxylation is 1. The number of benzene rings is 2. The zero-order chi connectivity index (χ0) is 23.7. The molecule has 0 bridgehead atoms. The van der Waals surface area contributed by atoms with Crippen molar-refractivity contribution in [2.45, 2.75) is 38.6 Å². The molecule has 0 spiro atoms. The number of nitrogens with zero attached hydrogens (tertiary/aromatic N) is 3. The number of nitrogens with one attached hydrogen (secondary N) is 1. The SMILES string of the molecule is CCCCc1nc2c3ccccc3ccn2c(=O)c1-c1ccc(NC2CCN(C(=O)O)C2)cc1. The quantitative estimate of drug-likeness (QED) is 0.398. The molecule has 1 aliphatic heterocycles. The molecule has 7 heteroatoms. The Morgan fingerprint density at radius 2 is 1.94 bits per heavy atom. The number of pyridine rings is 1. The van der Waals surface area contributed by atoms with Crippen molar-refractivity contribution >= 4 is 28.2 Å². The van der Waals surface area contributed by atoms with Crippen LogP contribution in [0.5, 0.6) is 0 Å². The van der Waals surface area contributed by atoms with E-state index in [-0.39, 0.29) is 11.6 Å². The highest BCUT2D eigenvalue weighted by Gasteiger charge is 2.25. The molecule has 4 aromatic rings. The average molecular weight is 457 g/mol. The lowest BCUT2D eigenvalue weighted by atomic mass is 10.0. The van der Waals surface area contributed by atoms with Crippen LogP contribution in [0.3, 0.4) is 0 Å². The number of unbranched alkanes of at least 4 members (excludes halogenated alkanes) is 1. The van der Waals surface area contributed by atoms with Gasteiger partial charge in [0.1, 0.15) is 5.65 Å². The first kappa shape index (κ1) is 21.9. The Balaban J connectivity index is 1.52. The second kappa shape index (κ2) is 9.17. The zero-order valence-corrected chi connectivity index (χ0v) is 19.2. The number of hydrogen-bond acceptors (Lipinski definition) is 4. The van der Waals surface area contributed by atoms with E-state index in [1.54, 1.807) is 4.40 Å². The maximum Gasteiger partial charge on any atom is 0.407 e. The van der Waals surface area contributed by atoms with E-state index in [1.807, 2.05) is 60.8 Å². The average Bonchev–Trinajstić information content (AvgIpc) is 3.32. The van der Waals surface area contributed by atoms with E-state index in [0.29, 0.717) is 24.3 Å². The van der Waals surface area contributed by atoms with E-state index in [0.717, 1.165) is 53.4 Å². The van der Waals surface area contributed by atoms with Crippen molar-refractivity contribution in [3.8, 4) is 11.1 Å². The van der Waals surface area contributed by atoms with Crippen LogP contribution in [0, 0.1) is 0 Å². The molecule has 2 aromatic carbocycles. The molecule has 0 aliphatic carbocycles. The number of hydrogen-bond donors (Lipinski definition) is 2. The van der Waals surface area contributed by atoms with Crippen LogP contribution in [-0.4, -0.2) is 44.6 Å². The Kier molecular flexibility index (Phi) is 5.92. The van der Waals surface area contributed by atoms with E-state index in [1.165, 1.54) is 4.90 Å². The first-order chi connectivity index (χ1) is 16.5. The number of fused-ring (bicyclic) bond motifs is 3. The van der Waals surface area contributed by atoms with Crippen LogP contribution in [0.2, 0.25) is 0 Å². The zero-order valence-electron chi connectivity index (χ0n) is 19.2. The summed E-state index contributed by atoms with van der Waals surface area (Å²) in [6.45, 7) is 3.15. The summed E-state index contributed by atoms with van der Waals surface area (Å²) in [7, 11) is 0. The van der Waals surface area contributed by atoms with Gasteiger partial charge in [-0.15, -0.1) is 0 Å². The van der Waals surface area contributed by atoms with Gasteiger partial charge in [0, 0.05) is 36.4 Å². The van der Waals surface area contributed by atoms with Crippen LogP contribution < -0.4 is 10.9 Å². The number of carbonyl (C=O) groups is 1. The Morgan fingerprint density at radius 3 is 2.68 bits per heavy atom. The highest BCUT2D eigenvalue weighted by molar-refractivity contribution is 5.94. The van der Waals surface area contributed by atoms with E-state index >= 15 is 0 Å². The standard InChI is InChI=1S/C27H28N4O3/c1-2-3-8-23-24(26(32)31-16-13-18-6-4-5-7-22(18)25(31)29-23)19-9-11-20(12-10-19)28-21-14-15-30(17-21)27(33)34/h4-7,9-13,16,21,28H,2-3,8,14-15,17H2,1H3,(H,33,34). The van der Waals surface area contributed by atoms with Gasteiger partial charge in [0.2, 0.25) is 0 Å². The lowest BCUT2D eigenvalue weighted by Crippen LogP contribution is -2.30. The van der Waals surface area contributed by atoms with Gasteiger partial charge >= 0.3 is 6.09 Å². The third kappa shape index (κ3) is 4.09. The van der Waals surface area contributed by atoms with Gasteiger partial charge in [0.15, 0.2) is 0 Å². The van der Waals surface area contributed by atoms with Gasteiger partial charge < -0.3 is 15.3 Å². The van der Waals surface area contributed by atoms with Crippen LogP contribution in [0.25, 0.3) is 27.5 Å². The lowest BCUT2D eigenvalue weighted by molar-refractivity contribution is 0.155. The number of rotatable bonds is 6. The molecule has 5 rings (SSSR count). The molecule has 2 aromatic heterocycles. The third-order valence-electron chi connectivity index (χ3n) is 6.57. The first-order valence-electron chi connectivity index (χ1n) is 11.8. The highest BCUT2D eigenvalue weighted by Crippen LogP contribution is 2.26. The van der Waals surface area contributed by atoms with E-state index in [9.17, 15) is 9.59 Å². The maximum absolute atomic E-state index is 13.7. The van der Waals surface area contributed by atoms with Crippen LogP contribution >= 0.6 is 0 Å². The molecule has 1 saturated heterocycles. The second-order valence-corrected chi connectivity index (χ2v) is 8.87. The molecule has 34 heavy (non-hydrogen) atoms. The van der Waals surface area contributed by atoms with Crippen LogP contribution in [0.4, 0.5) is 10.5 Å². The second-order valence-electron chi connectivity index (χ2n) is 8.87. The van der Waals surface area contributed by atoms with Crippen molar-refractivity contribution in [1.82, 2.24) is 14.3 Å². The van der Waals surface area contributed by atoms with Gasteiger partial charge in [0.25, 0.3) is 5.56 Å². The maximum atomic E-state index is 13.7. The van der Waals surface area contributed by atoms with Crippen molar-refractivity contribution in [2.24, 2.45) is 0 Å². The predicted octanol–water partition coefficient (Wildman–Crippen LogP) is 5.02. The molecule has 0 saturated carbocycles. The number of aromatic nitrogens is 2. The van der Waals surface area contributed by atoms with Crippen molar-refractivity contribution in [3.63, 3.8) is 0 Å². The molecule has 0 radical (unpaired) electrons. The van der Waals surface area contributed by atoms with E-state index in [4.69, 9.17) is 10.1 Å². The summed E-state index contributed by atoms with van der Waals surface area (Å²) < 4.78 is 1.65. The molecule has 1 unspecified atom stereocenters. The summed E-state index contributed by atoms with van der Waals surface area (Å²) >= 11 is 0. The minimum atomic E-state index is -0.878. The van der Waals surface area contributed by atoms with Crippen molar-refractivity contribution < 1.29 is 9.90 Å². The molecule has 1 aliphatic rings. The van der Waals surface area contributed by atoms with E-state index < -0.39 is 6.09 Å². The summed E-state index contributed by atoms with van der Waals surface area (Å²) in [4.78, 5) is 31.3. The van der Waals surface area contributed by atoms with Gasteiger partial charge in [-0.2, -0.15) is 0 Å². The summed E-state index contributed by atoms with van der Waals surface area (Å²) in [5.41, 5.74) is 3.87. The summed E-state index contributed by atoms with van der Waals surface area (Å²) in [5.74, 6) is 0. The Morgan fingerprint density at radius 1 is 1.15 bits per heavy atom. The highest BCUT2D eigenvalue weighted by atomic mass is 16.4. The predicted molar refractivity (Wildman–Crippen MR) is 135 cm³/mol. The molecule has 174 valence electrons. The fourth-order valence-electron chi connectivity index (χ4n) is 4.74. The van der Waals surface area contributed by atoms with Gasteiger partial charge in [-0.3, -0.25) is 9.20 Å². The van der Waals surface area contributed by atoms with Gasteiger partial charge in [-0.25, -0.2) is 9.78 Å². The first-order valence-corrected chi connectivity index (χ1v) is 11.8. The molecule has 1 amide bonds. The fraction of sp³-hybridized carbons (Fsp3) is 0.296. The largest absolute Gasteiger partial charge is 0.465 e. The molecule has 1 fully saturated rings. The van der Waals surface area contributed by atoms with Crippen LogP contribution in [0.1, 0.15) is 31.9 Å². The molecular weight excluding hydrogens is 428 g/mol. The molecule has 1 atom stereocenters. The van der Waals surface area contributed by atoms with Crippen LogP contribution in [-0.2, 0) is 6.42 Å². The Labute approximate surface area is 197 Å². The summed E-state index contributed by atoms with van der Waals surface area (Å²) in [6, 6.07) is 17.9. The molecule has 3 heterocycles. The monoisotopic (exact) mass is 456 g/mol. The van der Waals surface area contributed by atoms with Crippen molar-refractivity contribution in [3.05, 3.63) is 76.8 Å². The third-order valence-corrected chi connectivity index (χ3v) is 6.57. The number of amides is 1. The Bertz CT molecular complexity index is 1410. The topological polar surface area (TPSA) is 86.9 Å². The van der Waals surface area contributed by atoms with Crippen molar-refractivity contribution in [2.75, 3.05) is 18.4 Å². The lowest BCUT2D eigenvalue weighted by Gasteiger charge is -2.16. The van der Waals surface area contributed by atoms with Gasteiger partial charge in [-0.05, 0) is 48.4 Å². The van der Waals surface area contributed by atoms with Gasteiger partial charge in [0.05, 0.1) is 11.3 Å². The number of anilines is 1.